The molecule has 1 nitrogen and oxygen atoms in total. The summed E-state index contributed by atoms with van der Waals surface area (Å²) in [5.41, 5.74) is 0. The van der Waals surface area contributed by atoms with E-state index in [1.807, 2.05) is 0 Å². The van der Waals surface area contributed by atoms with E-state index >= 15 is 0 Å². The zero-order valence-electron chi connectivity index (χ0n) is 9.23. The van der Waals surface area contributed by atoms with Gasteiger partial charge >= 0.3 is 87.0 Å². The second kappa shape index (κ2) is 13.2. The van der Waals surface area contributed by atoms with Gasteiger partial charge in [0.25, 0.3) is 0 Å². The van der Waals surface area contributed by atoms with Gasteiger partial charge in [0.1, 0.15) is 0 Å². The van der Waals surface area contributed by atoms with Gasteiger partial charge in [0, 0.05) is 0 Å². The Kier molecular flexibility index (Phi) is 19.0. The molecule has 0 aromatic carbocycles. The fourth-order valence-corrected chi connectivity index (χ4v) is 6.09. The molecular formula is C10H20Cl3HfN. The quantitative estimate of drug-likeness (QED) is 0.594. The number of allylic oxidation sites excluding steroid dienone is 4. The van der Waals surface area contributed by atoms with Crippen molar-refractivity contribution in [1.82, 2.24) is 4.90 Å². The van der Waals surface area contributed by atoms with Crippen LogP contribution in [0.25, 0.3) is 0 Å². The van der Waals surface area contributed by atoms with Crippen LogP contribution in [-0.2, 0) is 22.9 Å². The van der Waals surface area contributed by atoms with Gasteiger partial charge in [0.15, 0.2) is 0 Å². The van der Waals surface area contributed by atoms with Gasteiger partial charge in [-0.2, -0.15) is 0 Å². The van der Waals surface area contributed by atoms with E-state index in [0.717, 1.165) is 0 Å². The summed E-state index contributed by atoms with van der Waals surface area (Å²) < 4.78 is 3.20. The molecule has 0 aromatic heterocycles. The van der Waals surface area contributed by atoms with Crippen molar-refractivity contribution < 1.29 is 22.9 Å². The molecule has 0 N–H and O–H groups in total. The minimum Gasteiger partial charge on any atom is -0.147 e. The maximum Gasteiger partial charge on any atom is -0.147 e. The van der Waals surface area contributed by atoms with Crippen molar-refractivity contribution in [3.8, 4) is 0 Å². The SMILES string of the molecule is CCN(CC)[CH2][Hf][C]1=CC=CC1.Cl.Cl.Cl. The summed E-state index contributed by atoms with van der Waals surface area (Å²) in [7, 11) is 0. The molecule has 90 valence electrons. The van der Waals surface area contributed by atoms with E-state index in [0.29, 0.717) is 0 Å². The Morgan fingerprint density at radius 2 is 1.80 bits per heavy atom. The monoisotopic (exact) mass is 439 g/mol. The summed E-state index contributed by atoms with van der Waals surface area (Å²) in [6.45, 7) is 6.97. The average molecular weight is 439 g/mol. The molecule has 0 amide bonds. The molecule has 5 heteroatoms. The molecule has 0 fully saturated rings. The van der Waals surface area contributed by atoms with Gasteiger partial charge in [-0.3, -0.25) is 0 Å². The van der Waals surface area contributed by atoms with Crippen LogP contribution in [-0.4, -0.2) is 22.3 Å². The van der Waals surface area contributed by atoms with Crippen molar-refractivity contribution >= 4 is 37.2 Å². The first kappa shape index (κ1) is 21.5. The first-order valence-corrected chi connectivity index (χ1v) is 9.02. The van der Waals surface area contributed by atoms with E-state index in [1.54, 1.807) is 3.33 Å². The van der Waals surface area contributed by atoms with Crippen molar-refractivity contribution in [2.75, 3.05) is 17.4 Å². The third-order valence-electron chi connectivity index (χ3n) is 2.20. The summed E-state index contributed by atoms with van der Waals surface area (Å²) in [6.07, 6.45) is 8.10. The summed E-state index contributed by atoms with van der Waals surface area (Å²) in [5, 5.41) is 0. The molecule has 0 bridgehead atoms. The van der Waals surface area contributed by atoms with E-state index in [4.69, 9.17) is 0 Å². The standard InChI is InChI=1S/C5H12N.C5H5.3ClH.Hf/c1-4-6(3)5-2;1-2-4-5-3-1;;;;/h3-5H2,1-2H3;1-3H,4H2;3*1H;. The van der Waals surface area contributed by atoms with E-state index < -0.39 is 22.9 Å². The summed E-state index contributed by atoms with van der Waals surface area (Å²) in [5.74, 6) is 0. The molecular weight excluding hydrogens is 419 g/mol. The van der Waals surface area contributed by atoms with Gasteiger partial charge in [-0.25, -0.2) is 0 Å². The molecule has 0 unspecified atom stereocenters. The molecule has 1 aliphatic carbocycles. The van der Waals surface area contributed by atoms with E-state index in [-0.39, 0.29) is 37.2 Å². The van der Waals surface area contributed by atoms with Crippen LogP contribution >= 0.6 is 37.2 Å². The number of hydrogen-bond acceptors (Lipinski definition) is 1. The molecule has 0 spiro atoms. The first-order valence-electron chi connectivity index (χ1n) is 4.68. The normalized spacial score (nSPS) is 12.3. The first-order chi connectivity index (χ1) is 5.86. The predicted octanol–water partition coefficient (Wildman–Crippen LogP) is 3.48. The number of rotatable bonds is 5. The molecule has 0 aromatic rings. The molecule has 0 saturated heterocycles. The summed E-state index contributed by atoms with van der Waals surface area (Å²) in [4.78, 5) is 2.56. The minimum absolute atomic E-state index is 0. The Morgan fingerprint density at radius 3 is 2.20 bits per heavy atom. The van der Waals surface area contributed by atoms with E-state index in [2.05, 4.69) is 37.0 Å². The topological polar surface area (TPSA) is 3.24 Å². The second-order valence-corrected chi connectivity index (χ2v) is 7.68. The molecule has 15 heavy (non-hydrogen) atoms. The zero-order valence-corrected chi connectivity index (χ0v) is 15.3. The smallest absolute Gasteiger partial charge is 0.147 e. The third-order valence-corrected chi connectivity index (χ3v) is 7.33. The predicted molar refractivity (Wildman–Crippen MR) is 71.4 cm³/mol. The van der Waals surface area contributed by atoms with Gasteiger partial charge in [0.05, 0.1) is 0 Å². The molecule has 0 aliphatic heterocycles. The third kappa shape index (κ3) is 8.93. The van der Waals surface area contributed by atoms with Crippen molar-refractivity contribution in [1.29, 1.82) is 0 Å². The minimum atomic E-state index is -0.438. The Labute approximate surface area is 123 Å². The zero-order chi connectivity index (χ0) is 8.81. The van der Waals surface area contributed by atoms with E-state index in [1.165, 1.54) is 23.8 Å². The Morgan fingerprint density at radius 1 is 1.20 bits per heavy atom. The van der Waals surface area contributed by atoms with Gasteiger partial charge in [-0.1, -0.05) is 0 Å². The van der Waals surface area contributed by atoms with Crippen molar-refractivity contribution in [3.63, 3.8) is 0 Å². The largest absolute Gasteiger partial charge is 0.147 e. The molecule has 1 aliphatic rings. The number of hydrogen-bond donors (Lipinski definition) is 0. The van der Waals surface area contributed by atoms with E-state index in [9.17, 15) is 0 Å². The Bertz CT molecular complexity index is 191. The van der Waals surface area contributed by atoms with Crippen LogP contribution < -0.4 is 0 Å². The van der Waals surface area contributed by atoms with Crippen molar-refractivity contribution in [2.45, 2.75) is 20.3 Å². The fraction of sp³-hybridized carbons (Fsp3) is 0.600. The second-order valence-electron chi connectivity index (χ2n) is 2.96. The van der Waals surface area contributed by atoms with Gasteiger partial charge < -0.3 is 0 Å². The average Bonchev–Trinajstić information content (AvgIpc) is 2.59. The maximum atomic E-state index is 2.56. The van der Waals surface area contributed by atoms with Crippen LogP contribution in [0.4, 0.5) is 0 Å². The van der Waals surface area contributed by atoms with Crippen LogP contribution in [0.2, 0.25) is 0 Å². The maximum absolute atomic E-state index is 2.56. The molecule has 0 saturated carbocycles. The molecule has 0 heterocycles. The Balaban J connectivity index is -0.000000480. The number of halogens is 3. The van der Waals surface area contributed by atoms with Gasteiger partial charge in [0.2, 0.25) is 0 Å². The van der Waals surface area contributed by atoms with Gasteiger partial charge in [-0.15, -0.1) is 37.2 Å². The summed E-state index contributed by atoms with van der Waals surface area (Å²) in [6, 6.07) is 0. The molecule has 1 rings (SSSR count). The van der Waals surface area contributed by atoms with Crippen molar-refractivity contribution in [2.24, 2.45) is 0 Å². The fourth-order valence-electron chi connectivity index (χ4n) is 1.24. The van der Waals surface area contributed by atoms with Crippen LogP contribution in [0.15, 0.2) is 21.6 Å². The Hall–Kier alpha value is 1.18. The summed E-state index contributed by atoms with van der Waals surface area (Å²) >= 11 is -0.438. The van der Waals surface area contributed by atoms with Crippen molar-refractivity contribution in [3.05, 3.63) is 21.6 Å². The number of nitrogens with zero attached hydrogens (tertiary/aromatic N) is 1. The van der Waals surface area contributed by atoms with Crippen LogP contribution in [0, 0.1) is 0 Å². The molecule has 0 radical (unpaired) electrons. The van der Waals surface area contributed by atoms with Crippen LogP contribution in [0.3, 0.4) is 0 Å². The van der Waals surface area contributed by atoms with Crippen LogP contribution in [0.5, 0.6) is 0 Å². The van der Waals surface area contributed by atoms with Gasteiger partial charge in [-0.05, 0) is 0 Å². The van der Waals surface area contributed by atoms with Crippen LogP contribution in [0.1, 0.15) is 20.3 Å². The molecule has 0 atom stereocenters.